The Labute approximate surface area is 106 Å². The molecule has 0 radical (unpaired) electrons. The number of H-pyrrole nitrogens is 1. The molecule has 1 aliphatic heterocycles. The second-order valence-electron chi connectivity index (χ2n) is 4.49. The zero-order valence-corrected chi connectivity index (χ0v) is 10.6. The zero-order valence-electron chi connectivity index (χ0n) is 10.6. The van der Waals surface area contributed by atoms with Gasteiger partial charge in [0.1, 0.15) is 6.10 Å². The van der Waals surface area contributed by atoms with Crippen molar-refractivity contribution >= 4 is 6.47 Å². The Kier molecular flexibility index (Phi) is 4.72. The quantitative estimate of drug-likeness (QED) is 0.741. The van der Waals surface area contributed by atoms with E-state index < -0.39 is 0 Å². The van der Waals surface area contributed by atoms with Crippen molar-refractivity contribution in [1.29, 1.82) is 0 Å². The largest absolute Gasteiger partial charge is 0.464 e. The van der Waals surface area contributed by atoms with Crippen LogP contribution in [0.25, 0.3) is 0 Å². The van der Waals surface area contributed by atoms with Crippen molar-refractivity contribution in [2.75, 3.05) is 26.3 Å². The molecule has 2 rings (SSSR count). The van der Waals surface area contributed by atoms with Crippen molar-refractivity contribution in [3.63, 3.8) is 0 Å². The minimum absolute atomic E-state index is 0.144. The lowest BCUT2D eigenvalue weighted by Gasteiger charge is -2.26. The van der Waals surface area contributed by atoms with E-state index in [1.165, 1.54) is 5.56 Å². The highest BCUT2D eigenvalue weighted by Crippen LogP contribution is 2.12. The average molecular weight is 253 g/mol. The van der Waals surface area contributed by atoms with Crippen molar-refractivity contribution in [3.8, 4) is 0 Å². The molecule has 100 valence electrons. The van der Waals surface area contributed by atoms with Crippen molar-refractivity contribution in [3.05, 3.63) is 17.5 Å². The molecule has 1 aliphatic rings. The number of carbonyl (C=O) groups is 1. The van der Waals surface area contributed by atoms with E-state index in [1.54, 1.807) is 0 Å². The van der Waals surface area contributed by atoms with Crippen LogP contribution in [0.1, 0.15) is 18.2 Å². The summed E-state index contributed by atoms with van der Waals surface area (Å²) in [7, 11) is 0. The van der Waals surface area contributed by atoms with Gasteiger partial charge < -0.3 is 9.47 Å². The van der Waals surface area contributed by atoms with Crippen molar-refractivity contribution in [1.82, 2.24) is 15.1 Å². The summed E-state index contributed by atoms with van der Waals surface area (Å²) in [6.07, 6.45) is 2.41. The Balaban J connectivity index is 1.91. The minimum Gasteiger partial charge on any atom is -0.464 e. The summed E-state index contributed by atoms with van der Waals surface area (Å²) < 4.78 is 10.2. The van der Waals surface area contributed by atoms with E-state index in [0.717, 1.165) is 38.5 Å². The Bertz CT molecular complexity index is 374. The number of aromatic nitrogens is 2. The highest BCUT2D eigenvalue weighted by atomic mass is 16.5. The number of morpholine rings is 1. The van der Waals surface area contributed by atoms with Gasteiger partial charge in [-0.15, -0.1) is 0 Å². The fraction of sp³-hybridized carbons (Fsp3) is 0.667. The molecule has 1 atom stereocenters. The first kappa shape index (κ1) is 13.0. The maximum atomic E-state index is 10.3. The third kappa shape index (κ3) is 3.54. The number of hydrogen-bond acceptors (Lipinski definition) is 5. The molecule has 1 unspecified atom stereocenters. The van der Waals surface area contributed by atoms with Crippen LogP contribution in [-0.2, 0) is 27.2 Å². The van der Waals surface area contributed by atoms with Gasteiger partial charge in [0.25, 0.3) is 6.47 Å². The number of ether oxygens (including phenoxy) is 2. The first-order chi connectivity index (χ1) is 8.79. The van der Waals surface area contributed by atoms with Gasteiger partial charge in [-0.1, -0.05) is 0 Å². The van der Waals surface area contributed by atoms with Gasteiger partial charge in [0.05, 0.1) is 18.9 Å². The van der Waals surface area contributed by atoms with Crippen LogP contribution in [0.15, 0.2) is 6.20 Å². The number of rotatable bonds is 6. The molecule has 0 spiro atoms. The van der Waals surface area contributed by atoms with Crippen LogP contribution in [0.5, 0.6) is 0 Å². The van der Waals surface area contributed by atoms with Gasteiger partial charge in [-0.3, -0.25) is 14.8 Å². The minimum atomic E-state index is -0.144. The summed E-state index contributed by atoms with van der Waals surface area (Å²) in [6.45, 7) is 6.69. The molecule has 2 heterocycles. The van der Waals surface area contributed by atoms with Gasteiger partial charge in [-0.05, 0) is 6.92 Å². The fourth-order valence-electron chi connectivity index (χ4n) is 2.07. The van der Waals surface area contributed by atoms with E-state index in [1.807, 2.05) is 13.1 Å². The standard InChI is InChI=1S/C12H19N3O3/c1-10(18-9-16)6-12-11(7-13-14-12)8-15-2-4-17-5-3-15/h7,9-10H,2-6,8H2,1H3,(H,13,14). The lowest BCUT2D eigenvalue weighted by molar-refractivity contribution is -0.132. The molecule has 1 fully saturated rings. The van der Waals surface area contributed by atoms with Crippen LogP contribution in [0.2, 0.25) is 0 Å². The molecular formula is C12H19N3O3. The molecule has 0 bridgehead atoms. The van der Waals surface area contributed by atoms with E-state index in [9.17, 15) is 4.79 Å². The predicted octanol–water partition coefficient (Wildman–Crippen LogP) is 0.346. The highest BCUT2D eigenvalue weighted by Gasteiger charge is 2.16. The Morgan fingerprint density at radius 3 is 3.11 bits per heavy atom. The first-order valence-corrected chi connectivity index (χ1v) is 6.20. The van der Waals surface area contributed by atoms with Gasteiger partial charge in [0.15, 0.2) is 0 Å². The summed E-state index contributed by atoms with van der Waals surface area (Å²) in [5, 5.41) is 7.11. The predicted molar refractivity (Wildman–Crippen MR) is 65.0 cm³/mol. The highest BCUT2D eigenvalue weighted by molar-refractivity contribution is 5.37. The van der Waals surface area contributed by atoms with Crippen molar-refractivity contribution in [2.24, 2.45) is 0 Å². The van der Waals surface area contributed by atoms with Crippen LogP contribution >= 0.6 is 0 Å². The van der Waals surface area contributed by atoms with Gasteiger partial charge in [-0.25, -0.2) is 0 Å². The molecule has 0 saturated carbocycles. The number of hydrogen-bond donors (Lipinski definition) is 1. The Morgan fingerprint density at radius 1 is 1.61 bits per heavy atom. The van der Waals surface area contributed by atoms with Crippen molar-refractivity contribution in [2.45, 2.75) is 26.0 Å². The maximum Gasteiger partial charge on any atom is 0.293 e. The Hall–Kier alpha value is -1.40. The number of carbonyl (C=O) groups excluding carboxylic acids is 1. The number of nitrogens with zero attached hydrogens (tertiary/aromatic N) is 2. The van der Waals surface area contributed by atoms with Gasteiger partial charge in [-0.2, -0.15) is 5.10 Å². The van der Waals surface area contributed by atoms with Gasteiger partial charge in [0.2, 0.25) is 0 Å². The third-order valence-corrected chi connectivity index (χ3v) is 3.08. The SMILES string of the molecule is CC(Cc1n[nH]cc1CN1CCOCC1)OC=O. The molecular weight excluding hydrogens is 234 g/mol. The van der Waals surface area contributed by atoms with E-state index in [0.29, 0.717) is 12.9 Å². The molecule has 6 heteroatoms. The van der Waals surface area contributed by atoms with E-state index >= 15 is 0 Å². The topological polar surface area (TPSA) is 67.5 Å². The molecule has 0 aliphatic carbocycles. The van der Waals surface area contributed by atoms with Gasteiger partial charge >= 0.3 is 0 Å². The molecule has 1 aromatic rings. The third-order valence-electron chi connectivity index (χ3n) is 3.08. The van der Waals surface area contributed by atoms with Crippen molar-refractivity contribution < 1.29 is 14.3 Å². The summed E-state index contributed by atoms with van der Waals surface area (Å²) >= 11 is 0. The normalized spacial score (nSPS) is 18.5. The first-order valence-electron chi connectivity index (χ1n) is 6.20. The number of aromatic amines is 1. The number of nitrogens with one attached hydrogen (secondary N) is 1. The molecule has 1 saturated heterocycles. The van der Waals surface area contributed by atoms with Crippen LogP contribution in [0.3, 0.4) is 0 Å². The summed E-state index contributed by atoms with van der Waals surface area (Å²) in [5.41, 5.74) is 2.13. The fourth-order valence-corrected chi connectivity index (χ4v) is 2.07. The monoisotopic (exact) mass is 253 g/mol. The molecule has 1 N–H and O–H groups in total. The average Bonchev–Trinajstić information content (AvgIpc) is 2.78. The smallest absolute Gasteiger partial charge is 0.293 e. The summed E-state index contributed by atoms with van der Waals surface area (Å²) in [4.78, 5) is 12.6. The second-order valence-corrected chi connectivity index (χ2v) is 4.49. The molecule has 6 nitrogen and oxygen atoms in total. The van der Waals surface area contributed by atoms with Crippen LogP contribution in [-0.4, -0.2) is 54.0 Å². The van der Waals surface area contributed by atoms with E-state index in [4.69, 9.17) is 9.47 Å². The lowest BCUT2D eigenvalue weighted by Crippen LogP contribution is -2.35. The molecule has 18 heavy (non-hydrogen) atoms. The maximum absolute atomic E-state index is 10.3. The van der Waals surface area contributed by atoms with Crippen LogP contribution < -0.4 is 0 Å². The molecule has 0 aromatic carbocycles. The molecule has 0 amide bonds. The zero-order chi connectivity index (χ0) is 12.8. The van der Waals surface area contributed by atoms with E-state index in [-0.39, 0.29) is 6.10 Å². The summed E-state index contributed by atoms with van der Waals surface area (Å²) in [6, 6.07) is 0. The second kappa shape index (κ2) is 6.51. The lowest BCUT2D eigenvalue weighted by atomic mass is 10.1. The molecule has 1 aromatic heterocycles. The van der Waals surface area contributed by atoms with Crippen LogP contribution in [0, 0.1) is 0 Å². The Morgan fingerprint density at radius 2 is 2.39 bits per heavy atom. The van der Waals surface area contributed by atoms with Crippen LogP contribution in [0.4, 0.5) is 0 Å². The van der Waals surface area contributed by atoms with Gasteiger partial charge in [0, 0.05) is 37.8 Å². The summed E-state index contributed by atoms with van der Waals surface area (Å²) in [5.74, 6) is 0. The van der Waals surface area contributed by atoms with E-state index in [2.05, 4.69) is 15.1 Å².